The van der Waals surface area contributed by atoms with Gasteiger partial charge in [-0.25, -0.2) is 14.8 Å². The van der Waals surface area contributed by atoms with Crippen molar-refractivity contribution >= 4 is 23.9 Å². The smallest absolute Gasteiger partial charge is 0.407 e. The van der Waals surface area contributed by atoms with Crippen LogP contribution in [-0.4, -0.2) is 63.6 Å². The first-order valence-electron chi connectivity index (χ1n) is 17.9. The second-order valence-electron chi connectivity index (χ2n) is 16.9. The van der Waals surface area contributed by atoms with Crippen LogP contribution in [0.3, 0.4) is 0 Å². The van der Waals surface area contributed by atoms with Gasteiger partial charge in [0.2, 0.25) is 11.8 Å². The van der Waals surface area contributed by atoms with Crippen LogP contribution in [0.25, 0.3) is 33.6 Å². The van der Waals surface area contributed by atoms with Crippen molar-refractivity contribution in [1.82, 2.24) is 35.9 Å². The number of H-pyrrole nitrogens is 2. The monoisotopic (exact) mass is 741 g/mol. The Balaban J connectivity index is 1.48. The molecule has 0 unspecified atom stereocenters. The highest BCUT2D eigenvalue weighted by molar-refractivity contribution is 5.89. The second-order valence-corrected chi connectivity index (χ2v) is 16.9. The van der Waals surface area contributed by atoms with E-state index in [1.165, 1.54) is 14.2 Å². The first kappa shape index (κ1) is 41.3. The van der Waals surface area contributed by atoms with Gasteiger partial charge < -0.3 is 35.4 Å². The molecule has 290 valence electrons. The minimum Gasteiger partial charge on any atom is -0.469 e. The molecular formula is C41H55N7O6. The Morgan fingerprint density at radius 1 is 0.611 bits per heavy atom. The number of carbonyl (C=O) groups excluding carboxylic acids is 4. The van der Waals surface area contributed by atoms with E-state index in [2.05, 4.69) is 40.6 Å². The summed E-state index contributed by atoms with van der Waals surface area (Å²) in [5.41, 5.74) is 2.61. The van der Waals surface area contributed by atoms with Crippen LogP contribution in [0.15, 0.2) is 60.9 Å². The molecule has 2 aromatic heterocycles. The lowest BCUT2D eigenvalue weighted by Gasteiger charge is -2.33. The Hall–Kier alpha value is -5.46. The van der Waals surface area contributed by atoms with Gasteiger partial charge in [0.15, 0.2) is 0 Å². The van der Waals surface area contributed by atoms with E-state index < -0.39 is 40.5 Å². The number of carbonyl (C=O) groups is 4. The van der Waals surface area contributed by atoms with E-state index >= 15 is 0 Å². The van der Waals surface area contributed by atoms with Crippen molar-refractivity contribution in [2.75, 3.05) is 14.2 Å². The van der Waals surface area contributed by atoms with Crippen LogP contribution in [0, 0.1) is 16.2 Å². The molecule has 0 aliphatic rings. The Bertz CT molecular complexity index is 1800. The van der Waals surface area contributed by atoms with Crippen LogP contribution in [-0.2, 0) is 23.9 Å². The van der Waals surface area contributed by atoms with Crippen LogP contribution in [0.2, 0.25) is 0 Å². The second kappa shape index (κ2) is 15.9. The summed E-state index contributed by atoms with van der Waals surface area (Å²) in [5.74, 6) is 0.144. The molecule has 0 radical (unpaired) electrons. The van der Waals surface area contributed by atoms with Crippen molar-refractivity contribution in [2.45, 2.75) is 93.3 Å². The van der Waals surface area contributed by atoms with E-state index in [-0.39, 0.29) is 23.7 Å². The number of aromatic amines is 2. The molecular weight excluding hydrogens is 686 g/mol. The highest BCUT2D eigenvalue weighted by atomic mass is 16.5. The van der Waals surface area contributed by atoms with Crippen LogP contribution in [0.1, 0.15) is 99.4 Å². The van der Waals surface area contributed by atoms with Gasteiger partial charge in [-0.15, -0.1) is 0 Å². The van der Waals surface area contributed by atoms with E-state index in [9.17, 15) is 19.2 Å². The summed E-state index contributed by atoms with van der Waals surface area (Å²) < 4.78 is 9.47. The number of hydrogen-bond acceptors (Lipinski definition) is 8. The molecule has 4 rings (SSSR count). The molecule has 2 heterocycles. The zero-order valence-corrected chi connectivity index (χ0v) is 33.5. The number of hydrogen-bond donors (Lipinski definition) is 5. The highest BCUT2D eigenvalue weighted by Gasteiger charge is 2.38. The molecule has 0 fully saturated rings. The number of amides is 3. The number of benzene rings is 2. The minimum absolute atomic E-state index is 0.0354. The Morgan fingerprint density at radius 2 is 1.00 bits per heavy atom. The van der Waals surface area contributed by atoms with Crippen LogP contribution < -0.4 is 16.0 Å². The third-order valence-corrected chi connectivity index (χ3v) is 9.34. The maximum Gasteiger partial charge on any atom is 0.407 e. The van der Waals surface area contributed by atoms with Gasteiger partial charge in [0.25, 0.3) is 0 Å². The number of nitrogens with one attached hydrogen (secondary N) is 5. The van der Waals surface area contributed by atoms with Crippen molar-refractivity contribution in [3.05, 3.63) is 72.6 Å². The topological polar surface area (TPSA) is 180 Å². The number of imidazole rings is 2. The number of esters is 1. The van der Waals surface area contributed by atoms with Gasteiger partial charge in [-0.05, 0) is 46.9 Å². The van der Waals surface area contributed by atoms with Crippen molar-refractivity contribution in [3.63, 3.8) is 0 Å². The summed E-state index contributed by atoms with van der Waals surface area (Å²) in [6.45, 7) is 18.8. The molecule has 0 bridgehead atoms. The maximum absolute atomic E-state index is 13.3. The molecule has 54 heavy (non-hydrogen) atoms. The molecule has 5 N–H and O–H groups in total. The zero-order valence-electron chi connectivity index (χ0n) is 33.5. The van der Waals surface area contributed by atoms with Gasteiger partial charge in [0.1, 0.15) is 17.2 Å². The van der Waals surface area contributed by atoms with Crippen LogP contribution >= 0.6 is 0 Å². The van der Waals surface area contributed by atoms with Crippen LogP contribution in [0.4, 0.5) is 4.79 Å². The lowest BCUT2D eigenvalue weighted by atomic mass is 9.83. The average Bonchev–Trinajstić information content (AvgIpc) is 3.79. The van der Waals surface area contributed by atoms with Crippen molar-refractivity contribution in [3.8, 4) is 33.6 Å². The summed E-state index contributed by atoms with van der Waals surface area (Å²) in [6, 6.07) is 15.4. The van der Waals surface area contributed by atoms with Crippen molar-refractivity contribution < 1.29 is 28.7 Å². The first-order valence-corrected chi connectivity index (χ1v) is 17.9. The molecule has 2 aromatic carbocycles. The van der Waals surface area contributed by atoms with E-state index in [0.717, 1.165) is 33.6 Å². The van der Waals surface area contributed by atoms with Gasteiger partial charge in [-0.3, -0.25) is 14.4 Å². The van der Waals surface area contributed by atoms with E-state index in [0.29, 0.717) is 11.6 Å². The molecule has 13 nitrogen and oxygen atoms in total. The minimum atomic E-state index is -1.21. The molecule has 0 saturated carbocycles. The van der Waals surface area contributed by atoms with Gasteiger partial charge in [0.05, 0.1) is 61.9 Å². The predicted octanol–water partition coefficient (Wildman–Crippen LogP) is 7.26. The maximum atomic E-state index is 13.3. The quantitative estimate of drug-likeness (QED) is 0.0941. The van der Waals surface area contributed by atoms with E-state index in [1.54, 1.807) is 40.1 Å². The zero-order chi connectivity index (χ0) is 40.2. The SMILES string of the molecule is COC(=O)CC(C)(C)C(=O)N[C@H](c1ncc(-c2ccc(-c3ccc(-c4cnc([C@@H](NC(=O)C(C)(C)NC(=O)OC)C(C)(C)C)[nH]4)cc3)cc2)[nH]1)C(C)(C)C. The number of rotatable bonds is 12. The number of alkyl carbamates (subject to hydrolysis) is 1. The fourth-order valence-electron chi connectivity index (χ4n) is 5.85. The number of nitrogens with zero attached hydrogens (tertiary/aromatic N) is 2. The summed E-state index contributed by atoms with van der Waals surface area (Å²) in [6.07, 6.45) is 2.78. The van der Waals surface area contributed by atoms with Gasteiger partial charge in [0, 0.05) is 0 Å². The van der Waals surface area contributed by atoms with E-state index in [4.69, 9.17) is 4.74 Å². The lowest BCUT2D eigenvalue weighted by molar-refractivity contribution is -0.147. The normalized spacial score (nSPS) is 13.4. The van der Waals surface area contributed by atoms with Crippen molar-refractivity contribution in [2.24, 2.45) is 16.2 Å². The molecule has 3 amide bonds. The third-order valence-electron chi connectivity index (χ3n) is 9.34. The van der Waals surface area contributed by atoms with Crippen LogP contribution in [0.5, 0.6) is 0 Å². The summed E-state index contributed by atoms with van der Waals surface area (Å²) >= 11 is 0. The Labute approximate surface area is 317 Å². The standard InChI is InChI=1S/C41H55N7O6/c1-38(2,3)31(46-35(50)40(7,8)21-30(49)53-11)33-42-22-28(44-33)26-17-13-24(14-18-26)25-15-19-27(20-16-25)29-23-43-34(45-29)32(39(4,5)6)47-36(51)41(9,10)48-37(52)54-12/h13-20,22-23,31-32H,21H2,1-12H3,(H,42,44)(H,43,45)(H,46,50)(H,47,51)(H,48,52)/t31-,32-/m1/s1. The first-order chi connectivity index (χ1) is 25.1. The largest absolute Gasteiger partial charge is 0.469 e. The molecule has 0 spiro atoms. The summed E-state index contributed by atoms with van der Waals surface area (Å²) in [4.78, 5) is 66.3. The predicted molar refractivity (Wildman–Crippen MR) is 208 cm³/mol. The number of methoxy groups -OCH3 is 2. The Morgan fingerprint density at radius 3 is 1.37 bits per heavy atom. The molecule has 0 saturated heterocycles. The summed E-state index contributed by atoms with van der Waals surface area (Å²) in [7, 11) is 2.56. The van der Waals surface area contributed by atoms with Gasteiger partial charge in [-0.1, -0.05) is 104 Å². The van der Waals surface area contributed by atoms with Gasteiger partial charge >= 0.3 is 12.1 Å². The molecule has 2 atom stereocenters. The molecule has 13 heteroatoms. The highest BCUT2D eigenvalue weighted by Crippen LogP contribution is 2.36. The van der Waals surface area contributed by atoms with Crippen molar-refractivity contribution in [1.29, 1.82) is 0 Å². The fourth-order valence-corrected chi connectivity index (χ4v) is 5.85. The Kier molecular flexibility index (Phi) is 12.1. The molecule has 0 aliphatic heterocycles. The lowest BCUT2D eigenvalue weighted by Crippen LogP contribution is -2.56. The molecule has 0 aliphatic carbocycles. The molecule has 4 aromatic rings. The van der Waals surface area contributed by atoms with E-state index in [1.807, 2.05) is 90.1 Å². The average molecular weight is 742 g/mol. The summed E-state index contributed by atoms with van der Waals surface area (Å²) in [5, 5.41) is 8.72. The van der Waals surface area contributed by atoms with Gasteiger partial charge in [-0.2, -0.15) is 0 Å². The fraction of sp³-hybridized carbons (Fsp3) is 0.463. The third kappa shape index (κ3) is 9.94. The number of ether oxygens (including phenoxy) is 2. The number of aromatic nitrogens is 4.